The van der Waals surface area contributed by atoms with Gasteiger partial charge in [-0.2, -0.15) is 0 Å². The molecule has 2 aromatic rings. The smallest absolute Gasteiger partial charge is 0.124 e. The van der Waals surface area contributed by atoms with E-state index in [1.165, 1.54) is 5.52 Å². The number of piperidine rings is 1. The summed E-state index contributed by atoms with van der Waals surface area (Å²) in [5.74, 6) is 1.05. The van der Waals surface area contributed by atoms with Crippen molar-refractivity contribution in [2.24, 2.45) is 5.92 Å². The van der Waals surface area contributed by atoms with E-state index in [2.05, 4.69) is 34.6 Å². The second kappa shape index (κ2) is 7.43. The monoisotopic (exact) mass is 317 g/mol. The Morgan fingerprint density at radius 2 is 2.13 bits per heavy atom. The molecule has 0 aliphatic carbocycles. The van der Waals surface area contributed by atoms with Gasteiger partial charge in [0.2, 0.25) is 0 Å². The first kappa shape index (κ1) is 16.4. The fraction of sp³-hybridized carbons (Fsp3) is 0.611. The van der Waals surface area contributed by atoms with Crippen LogP contribution in [0.2, 0.25) is 0 Å². The van der Waals surface area contributed by atoms with Gasteiger partial charge in [-0.1, -0.05) is 25.5 Å². The molecule has 1 aliphatic rings. The number of benzene rings is 1. The van der Waals surface area contributed by atoms with Crippen LogP contribution in [-0.2, 0) is 13.1 Å². The van der Waals surface area contributed by atoms with Crippen LogP contribution in [0.3, 0.4) is 0 Å². The number of fused-ring (bicyclic) bond motifs is 1. The maximum absolute atomic E-state index is 9.93. The van der Waals surface area contributed by atoms with Gasteiger partial charge in [0, 0.05) is 32.2 Å². The predicted octanol–water partition coefficient (Wildman–Crippen LogP) is 2.01. The number of imidazole rings is 1. The fourth-order valence-electron chi connectivity index (χ4n) is 3.43. The van der Waals surface area contributed by atoms with E-state index in [1.54, 1.807) is 0 Å². The Morgan fingerprint density at radius 1 is 1.30 bits per heavy atom. The molecule has 0 spiro atoms. The molecule has 1 aliphatic heterocycles. The molecule has 1 aromatic heterocycles. The maximum atomic E-state index is 9.93. The summed E-state index contributed by atoms with van der Waals surface area (Å²) < 4.78 is 2.33. The summed E-state index contributed by atoms with van der Waals surface area (Å²) in [6, 6.07) is 8.30. The van der Waals surface area contributed by atoms with E-state index in [9.17, 15) is 10.2 Å². The van der Waals surface area contributed by atoms with Gasteiger partial charge in [-0.25, -0.2) is 4.98 Å². The average Bonchev–Trinajstić information content (AvgIpc) is 2.91. The average molecular weight is 317 g/mol. The number of aryl methyl sites for hydroxylation is 1. The second-order valence-electron chi connectivity index (χ2n) is 6.56. The van der Waals surface area contributed by atoms with Gasteiger partial charge in [-0.15, -0.1) is 0 Å². The van der Waals surface area contributed by atoms with Gasteiger partial charge in [-0.3, -0.25) is 4.90 Å². The largest absolute Gasteiger partial charge is 0.396 e. The summed E-state index contributed by atoms with van der Waals surface area (Å²) in [6.07, 6.45) is 2.65. The minimum atomic E-state index is -0.379. The van der Waals surface area contributed by atoms with Crippen molar-refractivity contribution >= 4 is 11.0 Å². The molecule has 0 bridgehead atoms. The number of hydrogen-bond donors (Lipinski definition) is 2. The maximum Gasteiger partial charge on any atom is 0.124 e. The fourth-order valence-corrected chi connectivity index (χ4v) is 3.43. The Kier molecular flexibility index (Phi) is 5.30. The molecule has 126 valence electrons. The quantitative estimate of drug-likeness (QED) is 0.855. The van der Waals surface area contributed by atoms with Crippen LogP contribution < -0.4 is 0 Å². The van der Waals surface area contributed by atoms with Crippen LogP contribution in [0.5, 0.6) is 0 Å². The first-order valence-electron chi connectivity index (χ1n) is 8.68. The van der Waals surface area contributed by atoms with Gasteiger partial charge in [0.25, 0.3) is 0 Å². The summed E-state index contributed by atoms with van der Waals surface area (Å²) in [5.41, 5.74) is 2.25. The number of para-hydroxylation sites is 2. The Bertz CT molecular complexity index is 640. The third kappa shape index (κ3) is 3.57. The third-order valence-corrected chi connectivity index (χ3v) is 4.85. The number of aromatic nitrogens is 2. The van der Waals surface area contributed by atoms with Crippen LogP contribution in [0.1, 0.15) is 32.0 Å². The van der Waals surface area contributed by atoms with Crippen molar-refractivity contribution in [1.82, 2.24) is 14.5 Å². The zero-order valence-electron chi connectivity index (χ0n) is 13.9. The molecule has 2 atom stereocenters. The highest BCUT2D eigenvalue weighted by molar-refractivity contribution is 5.75. The van der Waals surface area contributed by atoms with Crippen molar-refractivity contribution in [2.75, 3.05) is 19.7 Å². The zero-order valence-corrected chi connectivity index (χ0v) is 13.9. The molecule has 3 rings (SSSR count). The van der Waals surface area contributed by atoms with Crippen LogP contribution in [0.25, 0.3) is 11.0 Å². The SMILES string of the molecule is CCCCn1c(CN2CC[C@H](O)[C@H](CO)C2)nc2ccccc21. The Balaban J connectivity index is 1.81. The number of aliphatic hydroxyl groups excluding tert-OH is 2. The number of hydrogen-bond acceptors (Lipinski definition) is 4. The molecule has 1 saturated heterocycles. The number of unbranched alkanes of at least 4 members (excludes halogenated alkanes) is 1. The lowest BCUT2D eigenvalue weighted by Gasteiger charge is -2.35. The first-order chi connectivity index (χ1) is 11.2. The lowest BCUT2D eigenvalue weighted by Crippen LogP contribution is -2.44. The highest BCUT2D eigenvalue weighted by atomic mass is 16.3. The topological polar surface area (TPSA) is 61.5 Å². The molecule has 23 heavy (non-hydrogen) atoms. The molecule has 5 heteroatoms. The van der Waals surface area contributed by atoms with Crippen molar-refractivity contribution in [3.63, 3.8) is 0 Å². The van der Waals surface area contributed by atoms with E-state index in [0.29, 0.717) is 0 Å². The van der Waals surface area contributed by atoms with Gasteiger partial charge < -0.3 is 14.8 Å². The van der Waals surface area contributed by atoms with Crippen molar-refractivity contribution < 1.29 is 10.2 Å². The van der Waals surface area contributed by atoms with Gasteiger partial charge in [0.15, 0.2) is 0 Å². The predicted molar refractivity (Wildman–Crippen MR) is 91.1 cm³/mol. The molecule has 0 radical (unpaired) electrons. The molecule has 0 saturated carbocycles. The molecular formula is C18H27N3O2. The summed E-state index contributed by atoms with van der Waals surface area (Å²) in [6.45, 7) is 5.61. The lowest BCUT2D eigenvalue weighted by molar-refractivity contribution is -0.00297. The van der Waals surface area contributed by atoms with Gasteiger partial charge >= 0.3 is 0 Å². The molecule has 1 fully saturated rings. The first-order valence-corrected chi connectivity index (χ1v) is 8.68. The Hall–Kier alpha value is -1.43. The standard InChI is InChI=1S/C18H27N3O2/c1-2-3-9-21-16-7-5-4-6-15(16)19-18(21)12-20-10-8-17(23)14(11-20)13-22/h4-7,14,17,22-23H,2-3,8-13H2,1H3/t14-,17-/m0/s1. The van der Waals surface area contributed by atoms with Crippen molar-refractivity contribution in [3.8, 4) is 0 Å². The highest BCUT2D eigenvalue weighted by Gasteiger charge is 2.28. The molecular weight excluding hydrogens is 290 g/mol. The lowest BCUT2D eigenvalue weighted by atomic mass is 9.95. The van der Waals surface area contributed by atoms with Crippen LogP contribution in [0.15, 0.2) is 24.3 Å². The molecule has 1 aromatic carbocycles. The van der Waals surface area contributed by atoms with E-state index in [-0.39, 0.29) is 18.6 Å². The molecule has 5 nitrogen and oxygen atoms in total. The summed E-state index contributed by atoms with van der Waals surface area (Å²) in [4.78, 5) is 7.13. The normalized spacial score (nSPS) is 22.7. The van der Waals surface area contributed by atoms with Crippen LogP contribution in [0.4, 0.5) is 0 Å². The number of rotatable bonds is 6. The summed E-state index contributed by atoms with van der Waals surface area (Å²) >= 11 is 0. The van der Waals surface area contributed by atoms with Crippen molar-refractivity contribution in [3.05, 3.63) is 30.1 Å². The van der Waals surface area contributed by atoms with Crippen LogP contribution in [-0.4, -0.2) is 50.5 Å². The van der Waals surface area contributed by atoms with E-state index in [0.717, 1.165) is 56.8 Å². The summed E-state index contributed by atoms with van der Waals surface area (Å²) in [5, 5.41) is 19.4. The number of nitrogens with zero attached hydrogens (tertiary/aromatic N) is 3. The molecule has 0 amide bonds. The van der Waals surface area contributed by atoms with Gasteiger partial charge in [-0.05, 0) is 25.0 Å². The Labute approximate surface area is 137 Å². The van der Waals surface area contributed by atoms with Gasteiger partial charge in [0.1, 0.15) is 5.82 Å². The molecule has 2 heterocycles. The minimum Gasteiger partial charge on any atom is -0.396 e. The van der Waals surface area contributed by atoms with E-state index in [1.807, 2.05) is 6.07 Å². The Morgan fingerprint density at radius 3 is 2.91 bits per heavy atom. The number of aliphatic hydroxyl groups is 2. The minimum absolute atomic E-state index is 0.0442. The molecule has 2 N–H and O–H groups in total. The van der Waals surface area contributed by atoms with E-state index < -0.39 is 0 Å². The van der Waals surface area contributed by atoms with Crippen molar-refractivity contribution in [1.29, 1.82) is 0 Å². The number of likely N-dealkylation sites (tertiary alicyclic amines) is 1. The zero-order chi connectivity index (χ0) is 16.2. The molecule has 0 unspecified atom stereocenters. The van der Waals surface area contributed by atoms with Crippen molar-refractivity contribution in [2.45, 2.75) is 45.4 Å². The van der Waals surface area contributed by atoms with E-state index >= 15 is 0 Å². The second-order valence-corrected chi connectivity index (χ2v) is 6.56. The van der Waals surface area contributed by atoms with Crippen LogP contribution in [0, 0.1) is 5.92 Å². The highest BCUT2D eigenvalue weighted by Crippen LogP contribution is 2.22. The third-order valence-electron chi connectivity index (χ3n) is 4.85. The van der Waals surface area contributed by atoms with E-state index in [4.69, 9.17) is 4.98 Å². The van der Waals surface area contributed by atoms with Gasteiger partial charge in [0.05, 0.1) is 23.7 Å². The van der Waals surface area contributed by atoms with Crippen LogP contribution >= 0.6 is 0 Å². The summed E-state index contributed by atoms with van der Waals surface area (Å²) in [7, 11) is 0.